The number of rotatable bonds is 7. The molecule has 0 saturated heterocycles. The van der Waals surface area contributed by atoms with Gasteiger partial charge in [-0.3, -0.25) is 4.79 Å². The molecule has 0 spiro atoms. The van der Waals surface area contributed by atoms with Gasteiger partial charge in [-0.05, 0) is 32.0 Å². The molecule has 0 saturated carbocycles. The number of hydrogen-bond acceptors (Lipinski definition) is 7. The SMILES string of the molecule is CCOC(=O)C(N=Nc1ccc(Cl)cc1Cl)(NC(C)=O)C(=O)OCC. The topological polar surface area (TPSA) is 106 Å². The smallest absolute Gasteiger partial charge is 0.369 e. The fraction of sp³-hybridized carbons (Fsp3) is 0.400. The quantitative estimate of drug-likeness (QED) is 0.438. The summed E-state index contributed by atoms with van der Waals surface area (Å²) >= 11 is 11.8. The van der Waals surface area contributed by atoms with Gasteiger partial charge in [-0.1, -0.05) is 23.2 Å². The lowest BCUT2D eigenvalue weighted by molar-refractivity contribution is -0.167. The lowest BCUT2D eigenvalue weighted by Gasteiger charge is -2.24. The first-order valence-corrected chi connectivity index (χ1v) is 8.03. The zero-order valence-corrected chi connectivity index (χ0v) is 15.3. The molecule has 0 aliphatic heterocycles. The predicted octanol–water partition coefficient (Wildman–Crippen LogP) is 3.04. The largest absolute Gasteiger partial charge is 0.462 e. The van der Waals surface area contributed by atoms with Gasteiger partial charge in [-0.15, -0.1) is 5.11 Å². The third-order valence-corrected chi connectivity index (χ3v) is 3.25. The summed E-state index contributed by atoms with van der Waals surface area (Å²) in [7, 11) is 0. The van der Waals surface area contributed by atoms with Crippen molar-refractivity contribution in [1.82, 2.24) is 5.32 Å². The minimum Gasteiger partial charge on any atom is -0.462 e. The number of azo groups is 1. The van der Waals surface area contributed by atoms with E-state index < -0.39 is 23.5 Å². The zero-order chi connectivity index (χ0) is 19.0. The van der Waals surface area contributed by atoms with Crippen molar-refractivity contribution in [2.45, 2.75) is 26.4 Å². The van der Waals surface area contributed by atoms with Gasteiger partial charge in [0.05, 0.1) is 18.2 Å². The summed E-state index contributed by atoms with van der Waals surface area (Å²) in [5, 5.41) is 10.2. The normalized spacial score (nSPS) is 11.2. The Bertz CT molecular complexity index is 676. The molecule has 0 aliphatic carbocycles. The highest BCUT2D eigenvalue weighted by Crippen LogP contribution is 2.29. The Labute approximate surface area is 154 Å². The van der Waals surface area contributed by atoms with Gasteiger partial charge in [-0.2, -0.15) is 5.11 Å². The fourth-order valence-corrected chi connectivity index (χ4v) is 2.16. The number of nitrogens with zero attached hydrogens (tertiary/aromatic N) is 2. The van der Waals surface area contributed by atoms with Gasteiger partial charge in [0.1, 0.15) is 5.69 Å². The molecule has 0 unspecified atom stereocenters. The van der Waals surface area contributed by atoms with Gasteiger partial charge in [0.25, 0.3) is 0 Å². The molecule has 0 bridgehead atoms. The Morgan fingerprint density at radius 2 is 1.68 bits per heavy atom. The summed E-state index contributed by atoms with van der Waals surface area (Å²) < 4.78 is 9.70. The minimum atomic E-state index is -2.47. The van der Waals surface area contributed by atoms with Crippen LogP contribution in [0.3, 0.4) is 0 Å². The highest BCUT2D eigenvalue weighted by Gasteiger charge is 2.51. The van der Waals surface area contributed by atoms with E-state index in [2.05, 4.69) is 15.5 Å². The molecule has 1 rings (SSSR count). The molecule has 0 aromatic heterocycles. The second-order valence-electron chi connectivity index (χ2n) is 4.63. The molecule has 0 radical (unpaired) electrons. The first kappa shape index (κ1) is 20.9. The highest BCUT2D eigenvalue weighted by molar-refractivity contribution is 6.36. The summed E-state index contributed by atoms with van der Waals surface area (Å²) in [4.78, 5) is 36.2. The molecule has 8 nitrogen and oxygen atoms in total. The molecule has 0 fully saturated rings. The molecule has 0 aliphatic rings. The monoisotopic (exact) mass is 389 g/mol. The van der Waals surface area contributed by atoms with Gasteiger partial charge in [0.2, 0.25) is 5.91 Å². The molecule has 1 aromatic carbocycles. The van der Waals surface area contributed by atoms with Crippen molar-refractivity contribution in [3.63, 3.8) is 0 Å². The van der Waals surface area contributed by atoms with Crippen molar-refractivity contribution in [3.8, 4) is 0 Å². The Morgan fingerprint density at radius 1 is 1.12 bits per heavy atom. The maximum absolute atomic E-state index is 12.3. The number of benzene rings is 1. The number of ether oxygens (including phenoxy) is 2. The van der Waals surface area contributed by atoms with E-state index in [0.29, 0.717) is 5.02 Å². The van der Waals surface area contributed by atoms with E-state index in [9.17, 15) is 14.4 Å². The average Bonchev–Trinajstić information content (AvgIpc) is 2.52. The van der Waals surface area contributed by atoms with Crippen molar-refractivity contribution >= 4 is 46.7 Å². The average molecular weight is 390 g/mol. The Morgan fingerprint density at radius 3 is 2.12 bits per heavy atom. The number of carbonyl (C=O) groups is 3. The summed E-state index contributed by atoms with van der Waals surface area (Å²) in [5.74, 6) is -2.96. The third-order valence-electron chi connectivity index (χ3n) is 2.72. The molecular weight excluding hydrogens is 373 g/mol. The third kappa shape index (κ3) is 5.40. The van der Waals surface area contributed by atoms with Crippen LogP contribution in [0.25, 0.3) is 0 Å². The second kappa shape index (κ2) is 9.33. The number of halogens is 2. The summed E-state index contributed by atoms with van der Waals surface area (Å²) in [6, 6.07) is 4.34. The summed E-state index contributed by atoms with van der Waals surface area (Å²) in [6.45, 7) is 4.09. The van der Waals surface area contributed by atoms with Gasteiger partial charge < -0.3 is 14.8 Å². The van der Waals surface area contributed by atoms with Crippen LogP contribution in [-0.2, 0) is 23.9 Å². The van der Waals surface area contributed by atoms with E-state index in [0.717, 1.165) is 6.92 Å². The number of esters is 2. The van der Waals surface area contributed by atoms with E-state index >= 15 is 0 Å². The van der Waals surface area contributed by atoms with Crippen LogP contribution in [0.5, 0.6) is 0 Å². The van der Waals surface area contributed by atoms with E-state index in [1.165, 1.54) is 32.0 Å². The standard InChI is InChI=1S/C15H17Cl2N3O5/c1-4-24-13(22)15(18-9(3)21,14(23)25-5-2)20-19-12-7-6-10(16)8-11(12)17/h6-8H,4-5H2,1-3H3,(H,18,21). The van der Waals surface area contributed by atoms with E-state index in [4.69, 9.17) is 32.7 Å². The van der Waals surface area contributed by atoms with Crippen LogP contribution in [0.1, 0.15) is 20.8 Å². The Hall–Kier alpha value is -2.19. The van der Waals surface area contributed by atoms with Crippen molar-refractivity contribution in [2.24, 2.45) is 10.2 Å². The lowest BCUT2D eigenvalue weighted by atomic mass is 10.1. The fourth-order valence-electron chi connectivity index (χ4n) is 1.71. The second-order valence-corrected chi connectivity index (χ2v) is 5.47. The highest BCUT2D eigenvalue weighted by atomic mass is 35.5. The van der Waals surface area contributed by atoms with Crippen LogP contribution in [0.4, 0.5) is 5.69 Å². The van der Waals surface area contributed by atoms with E-state index in [1.807, 2.05) is 0 Å². The van der Waals surface area contributed by atoms with Crippen molar-refractivity contribution in [1.29, 1.82) is 0 Å². The van der Waals surface area contributed by atoms with E-state index in [1.54, 1.807) is 0 Å². The first-order valence-electron chi connectivity index (χ1n) is 7.28. The minimum absolute atomic E-state index is 0.0448. The number of hydrogen-bond donors (Lipinski definition) is 1. The van der Waals surface area contributed by atoms with Gasteiger partial charge in [0.15, 0.2) is 0 Å². The van der Waals surface area contributed by atoms with Crippen LogP contribution in [-0.4, -0.2) is 36.7 Å². The molecule has 10 heteroatoms. The maximum atomic E-state index is 12.3. The molecule has 0 atom stereocenters. The van der Waals surface area contributed by atoms with Crippen LogP contribution >= 0.6 is 23.2 Å². The molecule has 1 N–H and O–H groups in total. The van der Waals surface area contributed by atoms with Crippen molar-refractivity contribution in [3.05, 3.63) is 28.2 Å². The van der Waals surface area contributed by atoms with E-state index in [-0.39, 0.29) is 23.9 Å². The molecule has 1 amide bonds. The van der Waals surface area contributed by atoms with Gasteiger partial charge in [-0.25, -0.2) is 9.59 Å². The Kier molecular flexibility index (Phi) is 7.79. The first-order chi connectivity index (χ1) is 11.8. The summed E-state index contributed by atoms with van der Waals surface area (Å²) in [6.07, 6.45) is 0. The number of nitrogens with one attached hydrogen (secondary N) is 1. The molecule has 25 heavy (non-hydrogen) atoms. The van der Waals surface area contributed by atoms with Crippen LogP contribution in [0.2, 0.25) is 10.0 Å². The van der Waals surface area contributed by atoms with Crippen molar-refractivity contribution < 1.29 is 23.9 Å². The zero-order valence-electron chi connectivity index (χ0n) is 13.8. The van der Waals surface area contributed by atoms with Gasteiger partial charge in [0, 0.05) is 11.9 Å². The van der Waals surface area contributed by atoms with Crippen LogP contribution < -0.4 is 5.32 Å². The summed E-state index contributed by atoms with van der Waals surface area (Å²) in [5.41, 5.74) is -2.34. The molecule has 136 valence electrons. The number of carbonyl (C=O) groups excluding carboxylic acids is 3. The molecular formula is C15H17Cl2N3O5. The Balaban J connectivity index is 3.40. The van der Waals surface area contributed by atoms with Crippen LogP contribution in [0.15, 0.2) is 28.4 Å². The van der Waals surface area contributed by atoms with Crippen molar-refractivity contribution in [2.75, 3.05) is 13.2 Å². The number of amides is 1. The maximum Gasteiger partial charge on any atom is 0.369 e. The lowest BCUT2D eigenvalue weighted by Crippen LogP contribution is -2.59. The predicted molar refractivity (Wildman–Crippen MR) is 90.8 cm³/mol. The van der Waals surface area contributed by atoms with Gasteiger partial charge >= 0.3 is 17.6 Å². The molecule has 1 aromatic rings. The van der Waals surface area contributed by atoms with Crippen LogP contribution in [0, 0.1) is 0 Å². The molecule has 0 heterocycles.